The molecule has 2 unspecified atom stereocenters. The summed E-state index contributed by atoms with van der Waals surface area (Å²) in [4.78, 5) is 0. The molecule has 0 bridgehead atoms. The van der Waals surface area contributed by atoms with Crippen molar-refractivity contribution in [3.8, 4) is 0 Å². The predicted octanol–water partition coefficient (Wildman–Crippen LogP) is 7.24. The topological polar surface area (TPSA) is 9.23 Å². The molecule has 7 atom stereocenters. The van der Waals surface area contributed by atoms with Gasteiger partial charge in [-0.05, 0) is 106 Å². The summed E-state index contributed by atoms with van der Waals surface area (Å²) in [5, 5.41) is 0. The van der Waals surface area contributed by atoms with Crippen molar-refractivity contribution in [3.05, 3.63) is 0 Å². The molecule has 4 saturated carbocycles. The van der Waals surface area contributed by atoms with Gasteiger partial charge in [0.15, 0.2) is 0 Å². The van der Waals surface area contributed by atoms with Gasteiger partial charge in [0.2, 0.25) is 0 Å². The minimum Gasteiger partial charge on any atom is -0.372 e. The van der Waals surface area contributed by atoms with Gasteiger partial charge in [-0.15, -0.1) is 0 Å². The van der Waals surface area contributed by atoms with Gasteiger partial charge in [-0.2, -0.15) is 0 Å². The fraction of sp³-hybridized carbons (Fsp3) is 1.00. The standard InChI is InChI=1S/C25H44O/c1-22(2,3)26-20-12-11-18-21-19(13-15-25(18,20)7)24(6)14-9-8-10-17(24)16-23(21,4)5/h17-21H,8-16H2,1-7H3/t17?,18-,19+,20?,21-,24-,25-/m0/s1. The second-order valence-corrected chi connectivity index (χ2v) is 12.7. The van der Waals surface area contributed by atoms with E-state index in [0.29, 0.717) is 22.3 Å². The first-order valence-electron chi connectivity index (χ1n) is 11.7. The maximum atomic E-state index is 6.65. The quantitative estimate of drug-likeness (QED) is 0.479. The van der Waals surface area contributed by atoms with Crippen molar-refractivity contribution >= 4 is 0 Å². The fourth-order valence-electron chi connectivity index (χ4n) is 8.57. The van der Waals surface area contributed by atoms with Crippen molar-refractivity contribution in [2.45, 2.75) is 118 Å². The molecular formula is C25H44O. The van der Waals surface area contributed by atoms with Crippen LogP contribution in [0.3, 0.4) is 0 Å². The van der Waals surface area contributed by atoms with Gasteiger partial charge in [0.05, 0.1) is 11.7 Å². The zero-order chi connectivity index (χ0) is 19.0. The highest BCUT2D eigenvalue weighted by molar-refractivity contribution is 5.13. The van der Waals surface area contributed by atoms with E-state index in [2.05, 4.69) is 48.5 Å². The monoisotopic (exact) mass is 360 g/mol. The second kappa shape index (κ2) is 5.98. The summed E-state index contributed by atoms with van der Waals surface area (Å²) in [6.07, 6.45) is 13.5. The maximum Gasteiger partial charge on any atom is 0.0638 e. The summed E-state index contributed by atoms with van der Waals surface area (Å²) in [6, 6.07) is 0. The lowest BCUT2D eigenvalue weighted by atomic mass is 9.40. The Kier molecular flexibility index (Phi) is 4.43. The van der Waals surface area contributed by atoms with E-state index in [0.717, 1.165) is 23.7 Å². The molecule has 1 heteroatoms. The summed E-state index contributed by atoms with van der Waals surface area (Å²) >= 11 is 0. The highest BCUT2D eigenvalue weighted by Crippen LogP contribution is 2.70. The smallest absolute Gasteiger partial charge is 0.0638 e. The van der Waals surface area contributed by atoms with Crippen LogP contribution in [0.4, 0.5) is 0 Å². The summed E-state index contributed by atoms with van der Waals surface area (Å²) in [6.45, 7) is 17.3. The van der Waals surface area contributed by atoms with Crippen LogP contribution in [0.5, 0.6) is 0 Å². The molecule has 0 N–H and O–H groups in total. The number of hydrogen-bond donors (Lipinski definition) is 0. The van der Waals surface area contributed by atoms with Crippen LogP contribution in [-0.4, -0.2) is 11.7 Å². The first kappa shape index (κ1) is 19.3. The van der Waals surface area contributed by atoms with Crippen LogP contribution >= 0.6 is 0 Å². The molecule has 4 fully saturated rings. The van der Waals surface area contributed by atoms with E-state index in [1.165, 1.54) is 57.8 Å². The van der Waals surface area contributed by atoms with Crippen LogP contribution in [0.1, 0.15) is 106 Å². The van der Waals surface area contributed by atoms with E-state index in [1.807, 2.05) is 0 Å². The average molecular weight is 361 g/mol. The summed E-state index contributed by atoms with van der Waals surface area (Å²) < 4.78 is 6.65. The van der Waals surface area contributed by atoms with Gasteiger partial charge in [0.1, 0.15) is 0 Å². The molecule has 26 heavy (non-hydrogen) atoms. The van der Waals surface area contributed by atoms with Gasteiger partial charge in [0.25, 0.3) is 0 Å². The minimum atomic E-state index is -0.0120. The van der Waals surface area contributed by atoms with Crippen molar-refractivity contribution in [2.75, 3.05) is 0 Å². The highest BCUT2D eigenvalue weighted by Gasteiger charge is 2.64. The lowest BCUT2D eigenvalue weighted by molar-refractivity contribution is -0.187. The molecule has 1 nitrogen and oxygen atoms in total. The third-order valence-corrected chi connectivity index (χ3v) is 9.65. The molecule has 0 heterocycles. The lowest BCUT2D eigenvalue weighted by Crippen LogP contribution is -2.59. The van der Waals surface area contributed by atoms with E-state index in [4.69, 9.17) is 4.74 Å². The van der Waals surface area contributed by atoms with Gasteiger partial charge < -0.3 is 4.74 Å². The van der Waals surface area contributed by atoms with E-state index >= 15 is 0 Å². The van der Waals surface area contributed by atoms with Crippen LogP contribution in [0.2, 0.25) is 0 Å². The zero-order valence-corrected chi connectivity index (χ0v) is 18.7. The molecule has 4 rings (SSSR count). The van der Waals surface area contributed by atoms with Crippen LogP contribution in [0.15, 0.2) is 0 Å². The minimum absolute atomic E-state index is 0.0120. The Hall–Kier alpha value is -0.0400. The molecule has 0 saturated heterocycles. The SMILES string of the molecule is CC(C)(C)OC1CC[C@H]2[C@H]3[C@@H](CC[C@]12C)[C@@]1(C)CCCCC1CC3(C)C. The Labute approximate surface area is 163 Å². The summed E-state index contributed by atoms with van der Waals surface area (Å²) in [5.74, 6) is 3.74. The Morgan fingerprint density at radius 1 is 0.769 bits per heavy atom. The molecule has 0 amide bonds. The average Bonchev–Trinajstić information content (AvgIpc) is 2.83. The fourth-order valence-corrected chi connectivity index (χ4v) is 8.57. The van der Waals surface area contributed by atoms with Crippen molar-refractivity contribution in [1.29, 1.82) is 0 Å². The third-order valence-electron chi connectivity index (χ3n) is 9.65. The molecule has 4 aliphatic rings. The van der Waals surface area contributed by atoms with E-state index in [-0.39, 0.29) is 5.60 Å². The molecule has 0 aromatic carbocycles. The number of fused-ring (bicyclic) bond motifs is 5. The van der Waals surface area contributed by atoms with Gasteiger partial charge >= 0.3 is 0 Å². The van der Waals surface area contributed by atoms with Crippen molar-refractivity contribution in [3.63, 3.8) is 0 Å². The van der Waals surface area contributed by atoms with Crippen molar-refractivity contribution < 1.29 is 4.74 Å². The number of ether oxygens (including phenoxy) is 1. The maximum absolute atomic E-state index is 6.65. The van der Waals surface area contributed by atoms with Crippen LogP contribution < -0.4 is 0 Å². The Bertz CT molecular complexity index is 543. The summed E-state index contributed by atoms with van der Waals surface area (Å²) in [5.41, 5.74) is 1.53. The number of hydrogen-bond acceptors (Lipinski definition) is 1. The first-order valence-corrected chi connectivity index (χ1v) is 11.7. The molecule has 0 radical (unpaired) electrons. The normalized spacial score (nSPS) is 50.7. The van der Waals surface area contributed by atoms with Gasteiger partial charge in [-0.3, -0.25) is 0 Å². The van der Waals surface area contributed by atoms with Gasteiger partial charge in [0, 0.05) is 0 Å². The van der Waals surface area contributed by atoms with E-state index in [1.54, 1.807) is 0 Å². The predicted molar refractivity (Wildman–Crippen MR) is 110 cm³/mol. The Balaban J connectivity index is 1.66. The molecule has 0 aromatic rings. The molecule has 0 aromatic heterocycles. The van der Waals surface area contributed by atoms with Gasteiger partial charge in [-0.1, -0.05) is 40.5 Å². The van der Waals surface area contributed by atoms with Crippen LogP contribution in [-0.2, 0) is 4.74 Å². The van der Waals surface area contributed by atoms with E-state index in [9.17, 15) is 0 Å². The molecule has 0 spiro atoms. The highest BCUT2D eigenvalue weighted by atomic mass is 16.5. The lowest BCUT2D eigenvalue weighted by Gasteiger charge is -2.65. The molecular weight excluding hydrogens is 316 g/mol. The first-order chi connectivity index (χ1) is 12.0. The van der Waals surface area contributed by atoms with Gasteiger partial charge in [-0.25, -0.2) is 0 Å². The third kappa shape index (κ3) is 2.82. The molecule has 150 valence electrons. The van der Waals surface area contributed by atoms with Crippen molar-refractivity contribution in [2.24, 2.45) is 39.9 Å². The van der Waals surface area contributed by atoms with Crippen LogP contribution in [0, 0.1) is 39.9 Å². The Morgan fingerprint density at radius 2 is 1.46 bits per heavy atom. The molecule has 4 aliphatic carbocycles. The van der Waals surface area contributed by atoms with Crippen molar-refractivity contribution in [1.82, 2.24) is 0 Å². The van der Waals surface area contributed by atoms with Crippen LogP contribution in [0.25, 0.3) is 0 Å². The Morgan fingerprint density at radius 3 is 2.15 bits per heavy atom. The zero-order valence-electron chi connectivity index (χ0n) is 18.7. The summed E-state index contributed by atoms with van der Waals surface area (Å²) in [7, 11) is 0. The molecule has 0 aliphatic heterocycles. The van der Waals surface area contributed by atoms with E-state index < -0.39 is 0 Å². The number of rotatable bonds is 1. The second-order valence-electron chi connectivity index (χ2n) is 12.7. The largest absolute Gasteiger partial charge is 0.372 e.